The van der Waals surface area contributed by atoms with Crippen LogP contribution in [0.25, 0.3) is 92.9 Å². The van der Waals surface area contributed by atoms with E-state index in [4.69, 9.17) is 8.83 Å². The van der Waals surface area contributed by atoms with E-state index in [-0.39, 0.29) is 0 Å². The van der Waals surface area contributed by atoms with Crippen molar-refractivity contribution in [3.05, 3.63) is 170 Å². The Morgan fingerprint density at radius 2 is 0.904 bits per heavy atom. The number of fused-ring (bicyclic) bond motifs is 6. The van der Waals surface area contributed by atoms with Crippen LogP contribution >= 0.6 is 0 Å². The molecular weight excluding hydrogens is 637 g/mol. The lowest BCUT2D eigenvalue weighted by molar-refractivity contribution is 0.669. The molecule has 0 atom stereocenters. The summed E-state index contributed by atoms with van der Waals surface area (Å²) in [6.45, 7) is 0. The molecule has 4 heteroatoms. The molecule has 9 aromatic carbocycles. The number of hydrogen-bond donors (Lipinski definition) is 0. The largest absolute Gasteiger partial charge is 0.456 e. The maximum atomic E-state index is 6.63. The smallest absolute Gasteiger partial charge is 0.136 e. The minimum atomic E-state index is 0.889. The van der Waals surface area contributed by atoms with Gasteiger partial charge in [-0.2, -0.15) is 0 Å². The van der Waals surface area contributed by atoms with Gasteiger partial charge in [0.05, 0.1) is 11.0 Å². The molecule has 0 bridgehead atoms. The van der Waals surface area contributed by atoms with Crippen LogP contribution in [0.4, 0.5) is 17.1 Å². The molecule has 0 aliphatic rings. The molecule has 0 saturated carbocycles. The van der Waals surface area contributed by atoms with Gasteiger partial charge in [0.2, 0.25) is 0 Å². The first-order valence-electron chi connectivity index (χ1n) is 17.7. The van der Waals surface area contributed by atoms with E-state index in [2.05, 4.69) is 173 Å². The van der Waals surface area contributed by atoms with Crippen molar-refractivity contribution in [2.75, 3.05) is 4.90 Å². The van der Waals surface area contributed by atoms with Crippen LogP contribution in [0.5, 0.6) is 0 Å². The number of hydrogen-bond acceptors (Lipinski definition) is 3. The molecule has 0 spiro atoms. The second kappa shape index (κ2) is 10.3. The van der Waals surface area contributed by atoms with Gasteiger partial charge >= 0.3 is 0 Å². The normalized spacial score (nSPS) is 12.2. The SMILES string of the molecule is c1ccc(N(c2ccccc2)c2ccc(-n3c4cccc5c6cc7c(cc6c6cccc8oc9ccc3c(c9c86)c54)oc3ccccc37)cc2)cc1. The Labute approximate surface area is 297 Å². The fraction of sp³-hybridized carbons (Fsp3) is 0. The van der Waals surface area contributed by atoms with E-state index in [1.807, 2.05) is 6.07 Å². The van der Waals surface area contributed by atoms with Crippen LogP contribution in [0, 0.1) is 0 Å². The Kier molecular flexibility index (Phi) is 5.47. The highest BCUT2D eigenvalue weighted by atomic mass is 16.3. The van der Waals surface area contributed by atoms with Crippen molar-refractivity contribution >= 4 is 104 Å². The van der Waals surface area contributed by atoms with Crippen molar-refractivity contribution < 1.29 is 8.83 Å². The zero-order valence-corrected chi connectivity index (χ0v) is 27.9. The zero-order valence-electron chi connectivity index (χ0n) is 27.9. The van der Waals surface area contributed by atoms with Crippen LogP contribution in [-0.4, -0.2) is 4.57 Å². The summed E-state index contributed by atoms with van der Waals surface area (Å²) in [5.74, 6) is 0. The van der Waals surface area contributed by atoms with Crippen molar-refractivity contribution in [3.63, 3.8) is 0 Å². The van der Waals surface area contributed by atoms with E-state index in [0.29, 0.717) is 0 Å². The number of anilines is 3. The third kappa shape index (κ3) is 3.70. The number of furan rings is 2. The van der Waals surface area contributed by atoms with Gasteiger partial charge in [-0.1, -0.05) is 78.9 Å². The Bertz CT molecular complexity index is 3290. The molecule has 0 aliphatic carbocycles. The topological polar surface area (TPSA) is 34.5 Å². The highest BCUT2D eigenvalue weighted by Crippen LogP contribution is 2.48. The van der Waals surface area contributed by atoms with Gasteiger partial charge in [0.1, 0.15) is 22.3 Å². The maximum Gasteiger partial charge on any atom is 0.136 e. The Morgan fingerprint density at radius 3 is 1.69 bits per heavy atom. The van der Waals surface area contributed by atoms with Crippen LogP contribution in [0.15, 0.2) is 179 Å². The van der Waals surface area contributed by atoms with Crippen LogP contribution < -0.4 is 4.90 Å². The average molecular weight is 665 g/mol. The van der Waals surface area contributed by atoms with Gasteiger partial charge in [0.15, 0.2) is 0 Å². The standard InChI is InChI=1S/C48H28N2O2/c1-3-11-29(12-4-1)49(30-13-5-2-6-14-30)31-21-23-32(24-22-31)50-39-18-9-16-34-36-27-38-33-15-7-8-19-41(33)51-44(38)28-37(36)35-17-10-20-42-46(35)48-43(52-42)26-25-40(50)47(48)45(34)39/h1-28H. The summed E-state index contributed by atoms with van der Waals surface area (Å²) in [4.78, 5) is 2.30. The third-order valence-corrected chi connectivity index (χ3v) is 10.9. The number of rotatable bonds is 4. The first kappa shape index (κ1) is 27.7. The van der Waals surface area contributed by atoms with E-state index < -0.39 is 0 Å². The van der Waals surface area contributed by atoms with Gasteiger partial charge in [-0.15, -0.1) is 0 Å². The first-order valence-corrected chi connectivity index (χ1v) is 17.7. The van der Waals surface area contributed by atoms with Gasteiger partial charge in [-0.05, 0) is 113 Å². The molecule has 0 saturated heterocycles. The number of aromatic nitrogens is 1. The zero-order chi connectivity index (χ0) is 33.9. The Balaban J connectivity index is 1.19. The molecule has 0 unspecified atom stereocenters. The Hall–Kier alpha value is -7.04. The van der Waals surface area contributed by atoms with Crippen LogP contribution in [-0.2, 0) is 0 Å². The molecule has 0 aliphatic heterocycles. The number of nitrogens with zero attached hydrogens (tertiary/aromatic N) is 2. The van der Waals surface area contributed by atoms with E-state index in [1.165, 1.54) is 21.5 Å². The lowest BCUT2D eigenvalue weighted by Crippen LogP contribution is -2.09. The molecule has 3 aromatic heterocycles. The van der Waals surface area contributed by atoms with Crippen molar-refractivity contribution in [2.24, 2.45) is 0 Å². The number of para-hydroxylation sites is 3. The molecule has 242 valence electrons. The van der Waals surface area contributed by atoms with Crippen molar-refractivity contribution in [3.8, 4) is 5.69 Å². The Morgan fingerprint density at radius 1 is 0.327 bits per heavy atom. The molecule has 3 heterocycles. The molecule has 0 N–H and O–H groups in total. The summed E-state index contributed by atoms with van der Waals surface area (Å²) in [6, 6.07) is 60.5. The summed E-state index contributed by atoms with van der Waals surface area (Å²) in [6.07, 6.45) is 0. The molecule has 0 radical (unpaired) electrons. The summed E-state index contributed by atoms with van der Waals surface area (Å²) < 4.78 is 15.5. The van der Waals surface area contributed by atoms with E-state index >= 15 is 0 Å². The van der Waals surface area contributed by atoms with E-state index in [1.54, 1.807) is 0 Å². The summed E-state index contributed by atoms with van der Waals surface area (Å²) in [5.41, 5.74) is 10.3. The minimum Gasteiger partial charge on any atom is -0.456 e. The maximum absolute atomic E-state index is 6.63. The fourth-order valence-electron chi connectivity index (χ4n) is 8.75. The average Bonchev–Trinajstić information content (AvgIpc) is 3.87. The van der Waals surface area contributed by atoms with Gasteiger partial charge in [0, 0.05) is 55.1 Å². The van der Waals surface area contributed by atoms with Crippen molar-refractivity contribution in [1.82, 2.24) is 4.57 Å². The molecule has 0 amide bonds. The molecule has 4 nitrogen and oxygen atoms in total. The highest BCUT2D eigenvalue weighted by molar-refractivity contribution is 6.38. The van der Waals surface area contributed by atoms with Gasteiger partial charge in [-0.3, -0.25) is 0 Å². The highest BCUT2D eigenvalue weighted by Gasteiger charge is 2.24. The predicted molar refractivity (Wildman–Crippen MR) is 216 cm³/mol. The summed E-state index contributed by atoms with van der Waals surface area (Å²) in [7, 11) is 0. The minimum absolute atomic E-state index is 0.889. The molecule has 12 aromatic rings. The molecule has 52 heavy (non-hydrogen) atoms. The predicted octanol–water partition coefficient (Wildman–Crippen LogP) is 13.8. The quantitative estimate of drug-likeness (QED) is 0.188. The fourth-order valence-corrected chi connectivity index (χ4v) is 8.75. The lowest BCUT2D eigenvalue weighted by Gasteiger charge is -2.25. The second-order valence-electron chi connectivity index (χ2n) is 13.7. The molecular formula is C48H28N2O2. The third-order valence-electron chi connectivity index (χ3n) is 10.9. The summed E-state index contributed by atoms with van der Waals surface area (Å²) >= 11 is 0. The summed E-state index contributed by atoms with van der Waals surface area (Å²) in [5, 5.41) is 11.7. The monoisotopic (exact) mass is 664 g/mol. The molecule has 12 rings (SSSR count). The van der Waals surface area contributed by atoms with Gasteiger partial charge in [0.25, 0.3) is 0 Å². The van der Waals surface area contributed by atoms with E-state index in [9.17, 15) is 0 Å². The van der Waals surface area contributed by atoms with Crippen LogP contribution in [0.1, 0.15) is 0 Å². The van der Waals surface area contributed by atoms with Crippen molar-refractivity contribution in [2.45, 2.75) is 0 Å². The second-order valence-corrected chi connectivity index (χ2v) is 13.7. The van der Waals surface area contributed by atoms with Crippen LogP contribution in [0.3, 0.4) is 0 Å². The van der Waals surface area contributed by atoms with Crippen LogP contribution in [0.2, 0.25) is 0 Å². The lowest BCUT2D eigenvalue weighted by atomic mass is 9.93. The van der Waals surface area contributed by atoms with Gasteiger partial charge in [-0.25, -0.2) is 0 Å². The first-order chi connectivity index (χ1) is 25.8. The number of benzene rings is 8. The molecule has 0 fully saturated rings. The van der Waals surface area contributed by atoms with E-state index in [0.717, 1.165) is 88.4 Å². The van der Waals surface area contributed by atoms with Gasteiger partial charge < -0.3 is 18.3 Å². The van der Waals surface area contributed by atoms with Crippen molar-refractivity contribution in [1.29, 1.82) is 0 Å².